The number of benzene rings is 2. The van der Waals surface area contributed by atoms with E-state index in [0.29, 0.717) is 18.7 Å². The van der Waals surface area contributed by atoms with Crippen LogP contribution in [0.15, 0.2) is 48.5 Å². The first-order chi connectivity index (χ1) is 14.0. The highest BCUT2D eigenvalue weighted by Gasteiger charge is 2.53. The molecule has 2 heterocycles. The van der Waals surface area contributed by atoms with Crippen molar-refractivity contribution in [3.8, 4) is 11.5 Å². The van der Waals surface area contributed by atoms with Gasteiger partial charge in [0.15, 0.2) is 6.54 Å². The Labute approximate surface area is 172 Å². The minimum Gasteiger partial charge on any atom is -0.494 e. The molecule has 0 spiro atoms. The molecule has 2 aliphatic heterocycles. The quantitative estimate of drug-likeness (QED) is 0.718. The molecule has 0 aliphatic carbocycles. The number of β-amino-alcohol motifs (C(OH)–C–C–N with tert-alkyl or cyclic N) is 1. The summed E-state index contributed by atoms with van der Waals surface area (Å²) >= 11 is 1.71. The smallest absolute Gasteiger partial charge is 0.387 e. The Morgan fingerprint density at radius 2 is 1.83 bits per heavy atom. The van der Waals surface area contributed by atoms with Gasteiger partial charge < -0.3 is 14.6 Å². The van der Waals surface area contributed by atoms with Crippen LogP contribution in [0.25, 0.3) is 0 Å². The average molecular weight is 421 g/mol. The number of hydrogen-bond donors (Lipinski definition) is 1. The number of halogens is 2. The predicted octanol–water partition coefficient (Wildman–Crippen LogP) is 3.86. The summed E-state index contributed by atoms with van der Waals surface area (Å²) in [6.45, 7) is 0.747. The molecular formula is C21H23F2N2O3S+. The molecule has 2 aromatic carbocycles. The average Bonchev–Trinajstić information content (AvgIpc) is 3.03. The molecule has 0 saturated heterocycles. The summed E-state index contributed by atoms with van der Waals surface area (Å²) in [7, 11) is 0. The van der Waals surface area contributed by atoms with Gasteiger partial charge in [-0.25, -0.2) is 9.48 Å². The van der Waals surface area contributed by atoms with Gasteiger partial charge in [0.05, 0.1) is 13.2 Å². The summed E-state index contributed by atoms with van der Waals surface area (Å²) in [4.78, 5) is 2.10. The van der Waals surface area contributed by atoms with Gasteiger partial charge >= 0.3 is 11.8 Å². The number of aliphatic hydroxyl groups is 1. The maximum Gasteiger partial charge on any atom is 0.387 e. The molecule has 29 heavy (non-hydrogen) atoms. The fourth-order valence-electron chi connectivity index (χ4n) is 3.74. The number of thioether (sulfide) groups is 1. The predicted molar refractivity (Wildman–Crippen MR) is 109 cm³/mol. The molecule has 0 bridgehead atoms. The molecule has 1 atom stereocenters. The normalized spacial score (nSPS) is 21.5. The van der Waals surface area contributed by atoms with Gasteiger partial charge in [0.2, 0.25) is 0 Å². The molecule has 2 aliphatic rings. The van der Waals surface area contributed by atoms with Crippen LogP contribution >= 0.6 is 11.8 Å². The van der Waals surface area contributed by atoms with E-state index in [9.17, 15) is 13.9 Å². The number of ether oxygens (including phenoxy) is 2. The molecule has 0 radical (unpaired) electrons. The lowest BCUT2D eigenvalue weighted by Crippen LogP contribution is -2.41. The Morgan fingerprint density at radius 1 is 1.14 bits per heavy atom. The van der Waals surface area contributed by atoms with Crippen LogP contribution in [0.1, 0.15) is 18.9 Å². The first kappa shape index (κ1) is 20.0. The number of nitrogens with zero attached hydrogens (tertiary/aromatic N) is 2. The van der Waals surface area contributed by atoms with Gasteiger partial charge in [-0.1, -0.05) is 0 Å². The molecular weight excluding hydrogens is 398 g/mol. The van der Waals surface area contributed by atoms with Crippen molar-refractivity contribution >= 4 is 22.6 Å². The van der Waals surface area contributed by atoms with Crippen molar-refractivity contribution in [2.75, 3.05) is 30.3 Å². The lowest BCUT2D eigenvalue weighted by atomic mass is 10.0. The van der Waals surface area contributed by atoms with Gasteiger partial charge in [0, 0.05) is 11.3 Å². The molecule has 5 nitrogen and oxygen atoms in total. The van der Waals surface area contributed by atoms with Crippen LogP contribution in [0.4, 0.5) is 14.5 Å². The van der Waals surface area contributed by atoms with Crippen molar-refractivity contribution in [3.05, 3.63) is 54.1 Å². The van der Waals surface area contributed by atoms with Crippen molar-refractivity contribution < 1.29 is 27.9 Å². The largest absolute Gasteiger partial charge is 0.494 e. The second kappa shape index (κ2) is 8.20. The fraction of sp³-hybridized carbons (Fsp3) is 0.381. The third-order valence-corrected chi connectivity index (χ3v) is 6.24. The van der Waals surface area contributed by atoms with Gasteiger partial charge in [-0.15, -0.1) is 0 Å². The van der Waals surface area contributed by atoms with E-state index in [2.05, 4.69) is 9.64 Å². The summed E-state index contributed by atoms with van der Waals surface area (Å²) in [5.74, 6) is 1.86. The maximum atomic E-state index is 12.4. The van der Waals surface area contributed by atoms with E-state index < -0.39 is 12.3 Å². The highest BCUT2D eigenvalue weighted by molar-refractivity contribution is 8.13. The highest BCUT2D eigenvalue weighted by Crippen LogP contribution is 2.38. The number of amidine groups is 1. The van der Waals surface area contributed by atoms with E-state index in [1.807, 2.05) is 35.8 Å². The van der Waals surface area contributed by atoms with Crippen molar-refractivity contribution in [3.63, 3.8) is 0 Å². The Bertz CT molecular complexity index is 890. The lowest BCUT2D eigenvalue weighted by molar-refractivity contribution is -0.656. The molecule has 4 rings (SSSR count). The van der Waals surface area contributed by atoms with E-state index in [-0.39, 0.29) is 5.75 Å². The van der Waals surface area contributed by atoms with Crippen LogP contribution < -0.4 is 14.4 Å². The SMILES string of the molecule is CCOc1ccc(N2C[C@@](O)(c3ccc(OC(F)F)cc3)[N+]3=C2SCCC3)cc1. The monoisotopic (exact) mass is 421 g/mol. The minimum absolute atomic E-state index is 0.0749. The first-order valence-corrected chi connectivity index (χ1v) is 10.6. The van der Waals surface area contributed by atoms with Crippen molar-refractivity contribution in [2.45, 2.75) is 25.7 Å². The van der Waals surface area contributed by atoms with Crippen LogP contribution in [0.3, 0.4) is 0 Å². The van der Waals surface area contributed by atoms with E-state index in [1.54, 1.807) is 23.9 Å². The van der Waals surface area contributed by atoms with E-state index in [4.69, 9.17) is 4.74 Å². The molecule has 2 aromatic rings. The van der Waals surface area contributed by atoms with Gasteiger partial charge in [-0.3, -0.25) is 0 Å². The minimum atomic E-state index is -2.87. The summed E-state index contributed by atoms with van der Waals surface area (Å²) < 4.78 is 36.8. The zero-order chi connectivity index (χ0) is 20.4. The lowest BCUT2D eigenvalue weighted by Gasteiger charge is -2.24. The second-order valence-electron chi connectivity index (χ2n) is 6.87. The third-order valence-electron chi connectivity index (χ3n) is 5.05. The molecule has 0 fully saturated rings. The Balaban J connectivity index is 1.65. The van der Waals surface area contributed by atoms with E-state index in [0.717, 1.165) is 35.3 Å². The molecule has 8 heteroatoms. The fourth-order valence-corrected chi connectivity index (χ4v) is 4.92. The van der Waals surface area contributed by atoms with Crippen LogP contribution in [0.5, 0.6) is 11.5 Å². The topological polar surface area (TPSA) is 44.9 Å². The molecule has 0 unspecified atom stereocenters. The molecule has 154 valence electrons. The summed E-state index contributed by atoms with van der Waals surface area (Å²) in [6, 6.07) is 14.0. The molecule has 0 aromatic heterocycles. The summed E-state index contributed by atoms with van der Waals surface area (Å²) in [6.07, 6.45) is 0.959. The van der Waals surface area contributed by atoms with Gasteiger partial charge in [0.25, 0.3) is 5.72 Å². The standard InChI is InChI=1S/C21H23F2N2O3S/c1-2-27-17-10-6-16(7-11-17)24-14-21(26,25-12-3-13-29-20(24)25)15-4-8-18(9-5-15)28-19(22)23/h4-11,19,26H,2-3,12-14H2,1H3/q+1/t21-/m1/s1. The molecule has 0 saturated carbocycles. The number of hydrogen-bond acceptors (Lipinski definition) is 5. The van der Waals surface area contributed by atoms with Gasteiger partial charge in [-0.2, -0.15) is 8.78 Å². The number of rotatable bonds is 6. The Morgan fingerprint density at radius 3 is 2.48 bits per heavy atom. The van der Waals surface area contributed by atoms with Crippen LogP contribution in [0.2, 0.25) is 0 Å². The van der Waals surface area contributed by atoms with E-state index in [1.165, 1.54) is 12.1 Å². The maximum absolute atomic E-state index is 12.4. The molecule has 1 N–H and O–H groups in total. The number of anilines is 1. The van der Waals surface area contributed by atoms with Gasteiger partial charge in [0.1, 0.15) is 17.2 Å². The van der Waals surface area contributed by atoms with Gasteiger partial charge in [-0.05, 0) is 73.6 Å². The Hall–Kier alpha value is -2.32. The summed E-state index contributed by atoms with van der Waals surface area (Å²) in [5.41, 5.74) is 0.369. The zero-order valence-electron chi connectivity index (χ0n) is 16.1. The second-order valence-corrected chi connectivity index (χ2v) is 7.93. The van der Waals surface area contributed by atoms with Crippen LogP contribution in [0, 0.1) is 0 Å². The zero-order valence-corrected chi connectivity index (χ0v) is 16.9. The highest BCUT2D eigenvalue weighted by atomic mass is 32.2. The summed E-state index contributed by atoms with van der Waals surface area (Å²) in [5, 5.41) is 12.6. The van der Waals surface area contributed by atoms with Crippen molar-refractivity contribution in [1.29, 1.82) is 0 Å². The Kier molecular flexibility index (Phi) is 5.65. The van der Waals surface area contributed by atoms with Crippen molar-refractivity contribution in [2.24, 2.45) is 0 Å². The van der Waals surface area contributed by atoms with Crippen LogP contribution in [-0.2, 0) is 5.72 Å². The molecule has 0 amide bonds. The third kappa shape index (κ3) is 3.91. The first-order valence-electron chi connectivity index (χ1n) is 9.57. The van der Waals surface area contributed by atoms with E-state index >= 15 is 0 Å². The van der Waals surface area contributed by atoms with Crippen molar-refractivity contribution in [1.82, 2.24) is 0 Å². The van der Waals surface area contributed by atoms with Crippen LogP contribution in [-0.4, -0.2) is 46.9 Å². The number of alkyl halides is 2.